The molecule has 0 bridgehead atoms. The number of rotatable bonds is 2. The first-order valence-corrected chi connectivity index (χ1v) is 3.81. The first kappa shape index (κ1) is 9.22. The molecule has 1 heterocycles. The fourth-order valence-electron chi connectivity index (χ4n) is 1.47. The van der Waals surface area contributed by atoms with Crippen LogP contribution in [0.3, 0.4) is 0 Å². The standard InChI is InChI=1S/C6H13ClN2O2/c1-4-5(8-10)9(3)6(4,2)11-7/h4-5,8,10H,1-3H3. The van der Waals surface area contributed by atoms with E-state index in [2.05, 4.69) is 5.48 Å². The molecule has 0 saturated carbocycles. The topological polar surface area (TPSA) is 44.7 Å². The van der Waals surface area contributed by atoms with Crippen molar-refractivity contribution in [2.75, 3.05) is 7.05 Å². The fourth-order valence-corrected chi connectivity index (χ4v) is 1.72. The first-order chi connectivity index (χ1) is 5.07. The van der Waals surface area contributed by atoms with Crippen molar-refractivity contribution in [1.29, 1.82) is 0 Å². The number of nitrogens with zero attached hydrogens (tertiary/aromatic N) is 1. The zero-order chi connectivity index (χ0) is 8.65. The zero-order valence-corrected chi connectivity index (χ0v) is 7.59. The van der Waals surface area contributed by atoms with Gasteiger partial charge < -0.3 is 5.21 Å². The van der Waals surface area contributed by atoms with Gasteiger partial charge in [-0.2, -0.15) is 5.48 Å². The first-order valence-electron chi connectivity index (χ1n) is 3.50. The molecule has 1 fully saturated rings. The molecule has 1 aliphatic heterocycles. The quantitative estimate of drug-likeness (QED) is 0.616. The van der Waals surface area contributed by atoms with Gasteiger partial charge in [-0.05, 0) is 14.0 Å². The van der Waals surface area contributed by atoms with Gasteiger partial charge in [-0.15, -0.1) is 0 Å². The molecule has 3 atom stereocenters. The minimum absolute atomic E-state index is 0.0706. The molecular weight excluding hydrogens is 168 g/mol. The van der Waals surface area contributed by atoms with Crippen molar-refractivity contribution in [2.45, 2.75) is 25.7 Å². The van der Waals surface area contributed by atoms with Crippen molar-refractivity contribution in [3.05, 3.63) is 0 Å². The van der Waals surface area contributed by atoms with Crippen molar-refractivity contribution in [1.82, 2.24) is 10.4 Å². The molecule has 0 aromatic carbocycles. The number of hydrogen-bond acceptors (Lipinski definition) is 4. The van der Waals surface area contributed by atoms with Gasteiger partial charge in [0, 0.05) is 5.92 Å². The summed E-state index contributed by atoms with van der Waals surface area (Å²) in [6.45, 7) is 3.83. The largest absolute Gasteiger partial charge is 0.315 e. The Bertz CT molecular complexity index is 146. The third-order valence-electron chi connectivity index (χ3n) is 2.72. The highest BCUT2D eigenvalue weighted by Gasteiger charge is 2.54. The molecule has 4 nitrogen and oxygen atoms in total. The Morgan fingerprint density at radius 2 is 2.27 bits per heavy atom. The maximum Gasteiger partial charge on any atom is 0.146 e. The summed E-state index contributed by atoms with van der Waals surface area (Å²) < 4.78 is 4.78. The summed E-state index contributed by atoms with van der Waals surface area (Å²) in [5.41, 5.74) is 1.71. The second kappa shape index (κ2) is 2.88. The summed E-state index contributed by atoms with van der Waals surface area (Å²) in [5, 5.41) is 8.66. The summed E-state index contributed by atoms with van der Waals surface area (Å²) in [5.74, 6) is 0.162. The molecular formula is C6H13ClN2O2. The third-order valence-corrected chi connectivity index (χ3v) is 3.04. The third kappa shape index (κ3) is 1.06. The van der Waals surface area contributed by atoms with Crippen LogP contribution in [0.1, 0.15) is 13.8 Å². The molecule has 11 heavy (non-hydrogen) atoms. The van der Waals surface area contributed by atoms with Crippen LogP contribution >= 0.6 is 11.9 Å². The fraction of sp³-hybridized carbons (Fsp3) is 1.00. The van der Waals surface area contributed by atoms with Crippen LogP contribution in [0.25, 0.3) is 0 Å². The molecule has 5 heteroatoms. The Labute approximate surface area is 71.2 Å². The van der Waals surface area contributed by atoms with E-state index in [1.165, 1.54) is 0 Å². The van der Waals surface area contributed by atoms with Crippen molar-refractivity contribution in [3.63, 3.8) is 0 Å². The van der Waals surface area contributed by atoms with E-state index in [0.717, 1.165) is 0 Å². The van der Waals surface area contributed by atoms with E-state index in [4.69, 9.17) is 21.4 Å². The second-order valence-electron chi connectivity index (χ2n) is 3.11. The lowest BCUT2D eigenvalue weighted by atomic mass is 9.84. The smallest absolute Gasteiger partial charge is 0.146 e. The summed E-state index contributed by atoms with van der Waals surface area (Å²) in [4.78, 5) is 1.82. The van der Waals surface area contributed by atoms with Crippen molar-refractivity contribution in [2.24, 2.45) is 5.92 Å². The average molecular weight is 181 g/mol. The van der Waals surface area contributed by atoms with Gasteiger partial charge >= 0.3 is 0 Å². The minimum Gasteiger partial charge on any atom is -0.315 e. The van der Waals surface area contributed by atoms with E-state index in [9.17, 15) is 0 Å². The summed E-state index contributed by atoms with van der Waals surface area (Å²) in [7, 11) is 1.83. The van der Waals surface area contributed by atoms with Gasteiger partial charge in [0.2, 0.25) is 0 Å². The molecule has 0 spiro atoms. The lowest BCUT2D eigenvalue weighted by molar-refractivity contribution is -0.249. The molecule has 2 N–H and O–H groups in total. The van der Waals surface area contributed by atoms with Crippen LogP contribution in [-0.2, 0) is 4.29 Å². The van der Waals surface area contributed by atoms with Crippen LogP contribution < -0.4 is 5.48 Å². The Balaban J connectivity index is 2.62. The van der Waals surface area contributed by atoms with E-state index in [1.807, 2.05) is 25.8 Å². The Morgan fingerprint density at radius 1 is 1.73 bits per heavy atom. The van der Waals surface area contributed by atoms with Crippen LogP contribution in [0.2, 0.25) is 0 Å². The second-order valence-corrected chi connectivity index (χ2v) is 3.26. The summed E-state index contributed by atoms with van der Waals surface area (Å²) >= 11 is 5.31. The lowest BCUT2D eigenvalue weighted by Crippen LogP contribution is -2.73. The van der Waals surface area contributed by atoms with Crippen LogP contribution in [-0.4, -0.2) is 29.0 Å². The minimum atomic E-state index is -0.470. The predicted octanol–water partition coefficient (Wildman–Crippen LogP) is 0.759. The van der Waals surface area contributed by atoms with Gasteiger partial charge in [0.05, 0.1) is 18.0 Å². The van der Waals surface area contributed by atoms with Gasteiger partial charge in [-0.1, -0.05) is 6.92 Å². The molecule has 1 saturated heterocycles. The molecule has 1 rings (SSSR count). The van der Waals surface area contributed by atoms with E-state index in [1.54, 1.807) is 0 Å². The number of halogens is 1. The number of hydrogen-bond donors (Lipinski definition) is 2. The van der Waals surface area contributed by atoms with Gasteiger partial charge in [0.1, 0.15) is 5.72 Å². The molecule has 0 aliphatic carbocycles. The van der Waals surface area contributed by atoms with E-state index >= 15 is 0 Å². The van der Waals surface area contributed by atoms with Gasteiger partial charge in [0.25, 0.3) is 0 Å². The number of likely N-dealkylation sites (tertiary alicyclic amines) is 1. The van der Waals surface area contributed by atoms with E-state index in [0.29, 0.717) is 0 Å². The lowest BCUT2D eigenvalue weighted by Gasteiger charge is -2.56. The Morgan fingerprint density at radius 3 is 2.55 bits per heavy atom. The average Bonchev–Trinajstić information content (AvgIpc) is 2.04. The van der Waals surface area contributed by atoms with E-state index < -0.39 is 5.72 Å². The van der Waals surface area contributed by atoms with Gasteiger partial charge in [-0.3, -0.25) is 9.19 Å². The highest BCUT2D eigenvalue weighted by Crippen LogP contribution is 2.40. The summed E-state index contributed by atoms with van der Waals surface area (Å²) in [6, 6.07) is 0. The highest BCUT2D eigenvalue weighted by atomic mass is 35.5. The van der Waals surface area contributed by atoms with Crippen molar-refractivity contribution in [3.8, 4) is 0 Å². The van der Waals surface area contributed by atoms with Crippen LogP contribution in [0.15, 0.2) is 0 Å². The molecule has 0 amide bonds. The zero-order valence-electron chi connectivity index (χ0n) is 6.84. The number of hydroxylamine groups is 1. The molecule has 0 radical (unpaired) electrons. The molecule has 3 unspecified atom stereocenters. The maximum atomic E-state index is 8.66. The Kier molecular flexibility index (Phi) is 2.41. The molecule has 0 aromatic rings. The summed E-state index contributed by atoms with van der Waals surface area (Å²) in [6.07, 6.45) is -0.0706. The van der Waals surface area contributed by atoms with Gasteiger partial charge in [-0.25, -0.2) is 0 Å². The van der Waals surface area contributed by atoms with Gasteiger partial charge in [0.15, 0.2) is 0 Å². The van der Waals surface area contributed by atoms with Crippen LogP contribution in [0.4, 0.5) is 0 Å². The monoisotopic (exact) mass is 180 g/mol. The molecule has 1 aliphatic rings. The maximum absolute atomic E-state index is 8.66. The van der Waals surface area contributed by atoms with Crippen LogP contribution in [0.5, 0.6) is 0 Å². The van der Waals surface area contributed by atoms with E-state index in [-0.39, 0.29) is 12.1 Å². The van der Waals surface area contributed by atoms with Crippen molar-refractivity contribution >= 4 is 11.9 Å². The number of nitrogens with one attached hydrogen (secondary N) is 1. The normalized spacial score (nSPS) is 45.5. The Hall–Kier alpha value is 0.130. The van der Waals surface area contributed by atoms with Crippen LogP contribution in [0, 0.1) is 5.92 Å². The molecule has 66 valence electrons. The molecule has 0 aromatic heterocycles. The van der Waals surface area contributed by atoms with Crippen molar-refractivity contribution < 1.29 is 9.50 Å². The predicted molar refractivity (Wildman–Crippen MR) is 41.0 cm³/mol. The highest BCUT2D eigenvalue weighted by molar-refractivity contribution is 6.07. The SMILES string of the molecule is CC1C(NO)N(C)C1(C)OCl.